The maximum absolute atomic E-state index is 13.3. The number of nitrogens with zero attached hydrogens (tertiary/aromatic N) is 1. The van der Waals surface area contributed by atoms with Crippen molar-refractivity contribution in [2.75, 3.05) is 0 Å². The van der Waals surface area contributed by atoms with E-state index < -0.39 is 5.82 Å². The molecule has 0 bridgehead atoms. The molecule has 0 unspecified atom stereocenters. The highest BCUT2D eigenvalue weighted by molar-refractivity contribution is 9.10. The zero-order valence-electron chi connectivity index (χ0n) is 7.89. The molecular formula is C10H11BrFNO. The Hall–Kier alpha value is -0.640. The molecule has 0 aromatic carbocycles. The Morgan fingerprint density at radius 2 is 2.29 bits per heavy atom. The van der Waals surface area contributed by atoms with Gasteiger partial charge in [0.1, 0.15) is 6.10 Å². The highest BCUT2D eigenvalue weighted by Gasteiger charge is 2.21. The van der Waals surface area contributed by atoms with Crippen LogP contribution in [0, 0.1) is 12.7 Å². The molecule has 2 rings (SSSR count). The van der Waals surface area contributed by atoms with E-state index in [-0.39, 0.29) is 12.0 Å². The summed E-state index contributed by atoms with van der Waals surface area (Å²) in [7, 11) is 0. The predicted molar refractivity (Wildman–Crippen MR) is 54.9 cm³/mol. The van der Waals surface area contributed by atoms with Gasteiger partial charge in [-0.2, -0.15) is 0 Å². The Balaban J connectivity index is 2.19. The Kier molecular flexibility index (Phi) is 2.72. The third-order valence-corrected chi connectivity index (χ3v) is 3.21. The summed E-state index contributed by atoms with van der Waals surface area (Å²) >= 11 is 3.22. The average molecular weight is 260 g/mol. The number of halogens is 2. The second-order valence-corrected chi connectivity index (χ2v) is 4.37. The van der Waals surface area contributed by atoms with Crippen molar-refractivity contribution in [3.8, 4) is 5.88 Å². The van der Waals surface area contributed by atoms with E-state index in [0.29, 0.717) is 4.47 Å². The van der Waals surface area contributed by atoms with Crippen LogP contribution in [-0.2, 0) is 0 Å². The summed E-state index contributed by atoms with van der Waals surface area (Å²) in [5.74, 6) is -0.259. The molecule has 0 aliphatic heterocycles. The summed E-state index contributed by atoms with van der Waals surface area (Å²) in [6.45, 7) is 1.82. The second kappa shape index (κ2) is 3.85. The first-order chi connectivity index (χ1) is 6.66. The number of aryl methyl sites for hydroxylation is 1. The second-order valence-electron chi connectivity index (χ2n) is 3.51. The first kappa shape index (κ1) is 9.90. The van der Waals surface area contributed by atoms with Gasteiger partial charge in [0.05, 0.1) is 5.69 Å². The number of rotatable bonds is 2. The van der Waals surface area contributed by atoms with Crippen LogP contribution in [0.5, 0.6) is 5.88 Å². The fourth-order valence-electron chi connectivity index (χ4n) is 1.27. The van der Waals surface area contributed by atoms with Gasteiger partial charge in [-0.15, -0.1) is 0 Å². The van der Waals surface area contributed by atoms with Gasteiger partial charge >= 0.3 is 0 Å². The molecule has 0 N–H and O–H groups in total. The van der Waals surface area contributed by atoms with Crippen LogP contribution in [0.4, 0.5) is 4.39 Å². The molecule has 1 aliphatic carbocycles. The molecule has 1 heterocycles. The zero-order chi connectivity index (χ0) is 10.1. The monoisotopic (exact) mass is 259 g/mol. The molecule has 1 aromatic rings. The first-order valence-electron chi connectivity index (χ1n) is 4.66. The van der Waals surface area contributed by atoms with Gasteiger partial charge in [0.15, 0.2) is 5.82 Å². The summed E-state index contributed by atoms with van der Waals surface area (Å²) < 4.78 is 19.4. The Labute approximate surface area is 90.6 Å². The van der Waals surface area contributed by atoms with Crippen molar-refractivity contribution in [3.05, 3.63) is 22.1 Å². The molecule has 1 saturated carbocycles. The number of aromatic nitrogens is 1. The molecule has 4 heteroatoms. The van der Waals surface area contributed by atoms with Crippen molar-refractivity contribution in [1.82, 2.24) is 4.98 Å². The Morgan fingerprint density at radius 3 is 2.86 bits per heavy atom. The minimum atomic E-state index is -0.394. The minimum absolute atomic E-state index is 0.135. The first-order valence-corrected chi connectivity index (χ1v) is 5.45. The molecule has 0 radical (unpaired) electrons. The summed E-state index contributed by atoms with van der Waals surface area (Å²) in [5.41, 5.74) is 0.751. The molecule has 0 spiro atoms. The van der Waals surface area contributed by atoms with E-state index in [9.17, 15) is 4.39 Å². The van der Waals surface area contributed by atoms with Crippen LogP contribution in [0.25, 0.3) is 0 Å². The fraction of sp³-hybridized carbons (Fsp3) is 0.500. The molecule has 0 saturated heterocycles. The van der Waals surface area contributed by atoms with E-state index in [2.05, 4.69) is 20.9 Å². The zero-order valence-corrected chi connectivity index (χ0v) is 9.47. The lowest BCUT2D eigenvalue weighted by Crippen LogP contribution is -2.25. The Morgan fingerprint density at radius 1 is 1.57 bits per heavy atom. The lowest BCUT2D eigenvalue weighted by molar-refractivity contribution is 0.108. The smallest absolute Gasteiger partial charge is 0.250 e. The van der Waals surface area contributed by atoms with Crippen LogP contribution in [0.1, 0.15) is 25.0 Å². The lowest BCUT2D eigenvalue weighted by Gasteiger charge is -2.25. The van der Waals surface area contributed by atoms with Gasteiger partial charge in [0.25, 0.3) is 5.88 Å². The van der Waals surface area contributed by atoms with Crippen LogP contribution in [0.3, 0.4) is 0 Å². The van der Waals surface area contributed by atoms with Gasteiger partial charge in [-0.3, -0.25) is 0 Å². The van der Waals surface area contributed by atoms with Gasteiger partial charge in [0, 0.05) is 4.47 Å². The normalized spacial score (nSPS) is 16.5. The van der Waals surface area contributed by atoms with E-state index >= 15 is 0 Å². The van der Waals surface area contributed by atoms with Crippen molar-refractivity contribution in [2.24, 2.45) is 0 Å². The summed E-state index contributed by atoms with van der Waals surface area (Å²) in [6, 6.07) is 1.40. The van der Waals surface area contributed by atoms with Gasteiger partial charge in [-0.1, -0.05) is 0 Å². The molecule has 76 valence electrons. The van der Waals surface area contributed by atoms with Crippen molar-refractivity contribution in [2.45, 2.75) is 32.3 Å². The third-order valence-electron chi connectivity index (χ3n) is 2.40. The number of hydrogen-bond acceptors (Lipinski definition) is 2. The molecule has 2 nitrogen and oxygen atoms in total. The van der Waals surface area contributed by atoms with Crippen LogP contribution in [-0.4, -0.2) is 11.1 Å². The molecule has 1 fully saturated rings. The number of pyridine rings is 1. The standard InChI is InChI=1S/C10H11BrFNO/c1-6-8(11)5-9(12)10(13-6)14-7-3-2-4-7/h5,7H,2-4H2,1H3. The average Bonchev–Trinajstić information content (AvgIpc) is 2.06. The highest BCUT2D eigenvalue weighted by atomic mass is 79.9. The largest absolute Gasteiger partial charge is 0.472 e. The van der Waals surface area contributed by atoms with Crippen LogP contribution < -0.4 is 4.74 Å². The van der Waals surface area contributed by atoms with Crippen molar-refractivity contribution in [3.63, 3.8) is 0 Å². The SMILES string of the molecule is Cc1nc(OC2CCC2)c(F)cc1Br. The topological polar surface area (TPSA) is 22.1 Å². The highest BCUT2D eigenvalue weighted by Crippen LogP contribution is 2.27. The van der Waals surface area contributed by atoms with Gasteiger partial charge in [0.2, 0.25) is 0 Å². The predicted octanol–water partition coefficient (Wildman–Crippen LogP) is 3.22. The van der Waals surface area contributed by atoms with Crippen LogP contribution >= 0.6 is 15.9 Å². The summed E-state index contributed by atoms with van der Waals surface area (Å²) in [5, 5.41) is 0. The van der Waals surface area contributed by atoms with Crippen LogP contribution in [0.2, 0.25) is 0 Å². The van der Waals surface area contributed by atoms with Crippen molar-refractivity contribution >= 4 is 15.9 Å². The number of hydrogen-bond donors (Lipinski definition) is 0. The van der Waals surface area contributed by atoms with Crippen molar-refractivity contribution in [1.29, 1.82) is 0 Å². The third kappa shape index (κ3) is 1.90. The quantitative estimate of drug-likeness (QED) is 0.814. The molecule has 1 aromatic heterocycles. The van der Waals surface area contributed by atoms with E-state index in [1.165, 1.54) is 12.5 Å². The molecule has 1 aliphatic rings. The van der Waals surface area contributed by atoms with E-state index in [1.54, 1.807) is 0 Å². The Bertz CT molecular complexity index is 352. The molecule has 14 heavy (non-hydrogen) atoms. The van der Waals surface area contributed by atoms with Gasteiger partial charge < -0.3 is 4.74 Å². The summed E-state index contributed by atoms with van der Waals surface area (Å²) in [4.78, 5) is 4.05. The molecule has 0 amide bonds. The van der Waals surface area contributed by atoms with E-state index in [0.717, 1.165) is 18.5 Å². The maximum Gasteiger partial charge on any atom is 0.250 e. The van der Waals surface area contributed by atoms with E-state index in [4.69, 9.17) is 4.74 Å². The maximum atomic E-state index is 13.3. The summed E-state index contributed by atoms with van der Waals surface area (Å²) in [6.07, 6.45) is 3.35. The van der Waals surface area contributed by atoms with E-state index in [1.807, 2.05) is 6.92 Å². The van der Waals surface area contributed by atoms with Crippen LogP contribution in [0.15, 0.2) is 10.5 Å². The molecule has 0 atom stereocenters. The number of ether oxygens (including phenoxy) is 1. The fourth-order valence-corrected chi connectivity index (χ4v) is 1.56. The lowest BCUT2D eigenvalue weighted by atomic mass is 9.96. The van der Waals surface area contributed by atoms with Gasteiger partial charge in [-0.05, 0) is 48.2 Å². The minimum Gasteiger partial charge on any atom is -0.472 e. The van der Waals surface area contributed by atoms with Crippen molar-refractivity contribution < 1.29 is 9.13 Å². The van der Waals surface area contributed by atoms with Gasteiger partial charge in [-0.25, -0.2) is 9.37 Å². The molecular weight excluding hydrogens is 249 g/mol.